The molecule has 1 N–H and O–H groups in total. The lowest BCUT2D eigenvalue weighted by Gasteiger charge is -2.30. The first kappa shape index (κ1) is 13.3. The molecule has 1 aliphatic carbocycles. The van der Waals surface area contributed by atoms with Gasteiger partial charge in [0.15, 0.2) is 0 Å². The van der Waals surface area contributed by atoms with E-state index in [1.807, 2.05) is 12.1 Å². The van der Waals surface area contributed by atoms with Crippen molar-refractivity contribution in [2.45, 2.75) is 32.4 Å². The van der Waals surface area contributed by atoms with E-state index in [1.54, 1.807) is 13.3 Å². The minimum absolute atomic E-state index is 0.0610. The lowest BCUT2D eigenvalue weighted by Crippen LogP contribution is -2.37. The fourth-order valence-corrected chi connectivity index (χ4v) is 2.27. The Labute approximate surface area is 109 Å². The summed E-state index contributed by atoms with van der Waals surface area (Å²) in [6, 6.07) is 4.30. The molecule has 1 atom stereocenters. The fraction of sp³-hybridized carbons (Fsp3) is 0.643. The smallest absolute Gasteiger partial charge is 0.129 e. The van der Waals surface area contributed by atoms with E-state index in [4.69, 9.17) is 4.74 Å². The van der Waals surface area contributed by atoms with E-state index in [9.17, 15) is 5.11 Å². The summed E-state index contributed by atoms with van der Waals surface area (Å²) in [5.41, 5.74) is 0.908. The van der Waals surface area contributed by atoms with E-state index >= 15 is 0 Å². The summed E-state index contributed by atoms with van der Waals surface area (Å²) in [7, 11) is 1.72. The van der Waals surface area contributed by atoms with E-state index in [-0.39, 0.29) is 6.61 Å². The minimum Gasteiger partial charge on any atom is -0.392 e. The van der Waals surface area contributed by atoms with Crippen LogP contribution < -0.4 is 4.90 Å². The molecule has 4 heteroatoms. The molecular weight excluding hydrogens is 228 g/mol. The van der Waals surface area contributed by atoms with Crippen LogP contribution in [-0.4, -0.2) is 36.4 Å². The minimum atomic E-state index is 0.0610. The van der Waals surface area contributed by atoms with Crippen molar-refractivity contribution in [1.29, 1.82) is 0 Å². The van der Waals surface area contributed by atoms with Crippen molar-refractivity contribution in [1.82, 2.24) is 4.98 Å². The Morgan fingerprint density at radius 1 is 1.56 bits per heavy atom. The molecule has 0 saturated heterocycles. The standard InChI is InChI=1S/C14H22N2O2/c1-11(13-3-4-13)16(7-8-18-2)14-9-12(10-17)5-6-15-14/h5-6,9,11,13,17H,3-4,7-8,10H2,1-2H3. The van der Waals surface area contributed by atoms with Crippen molar-refractivity contribution in [3.05, 3.63) is 23.9 Å². The lowest BCUT2D eigenvalue weighted by atomic mass is 10.1. The highest BCUT2D eigenvalue weighted by molar-refractivity contribution is 5.42. The van der Waals surface area contributed by atoms with E-state index in [0.717, 1.165) is 23.8 Å². The van der Waals surface area contributed by atoms with Crippen LogP contribution in [0.25, 0.3) is 0 Å². The molecule has 0 spiro atoms. The fourth-order valence-electron chi connectivity index (χ4n) is 2.27. The number of rotatable bonds is 7. The Bertz CT molecular complexity index is 380. The molecule has 1 fully saturated rings. The average molecular weight is 250 g/mol. The number of aliphatic hydroxyl groups is 1. The predicted octanol–water partition coefficient (Wildman–Crippen LogP) is 1.83. The molecule has 0 amide bonds. The van der Waals surface area contributed by atoms with Crippen molar-refractivity contribution in [3.63, 3.8) is 0 Å². The molecule has 1 saturated carbocycles. The molecule has 2 rings (SSSR count). The summed E-state index contributed by atoms with van der Waals surface area (Å²) < 4.78 is 5.18. The molecule has 1 heterocycles. The van der Waals surface area contributed by atoms with Crippen LogP contribution in [0, 0.1) is 5.92 Å². The molecule has 4 nitrogen and oxygen atoms in total. The van der Waals surface area contributed by atoms with E-state index in [2.05, 4.69) is 16.8 Å². The highest BCUT2D eigenvalue weighted by Crippen LogP contribution is 2.36. The Balaban J connectivity index is 2.14. The van der Waals surface area contributed by atoms with Crippen molar-refractivity contribution in [2.75, 3.05) is 25.2 Å². The van der Waals surface area contributed by atoms with Crippen molar-refractivity contribution < 1.29 is 9.84 Å². The first-order chi connectivity index (χ1) is 8.76. The SMILES string of the molecule is COCCN(c1cc(CO)ccn1)C(C)C1CC1. The molecule has 0 bridgehead atoms. The summed E-state index contributed by atoms with van der Waals surface area (Å²) in [4.78, 5) is 6.72. The zero-order valence-electron chi connectivity index (χ0n) is 11.2. The Kier molecular flexibility index (Phi) is 4.55. The quantitative estimate of drug-likeness (QED) is 0.802. The van der Waals surface area contributed by atoms with Gasteiger partial charge < -0.3 is 14.7 Å². The second-order valence-electron chi connectivity index (χ2n) is 4.94. The van der Waals surface area contributed by atoms with Gasteiger partial charge in [-0.15, -0.1) is 0 Å². The van der Waals surface area contributed by atoms with Gasteiger partial charge in [-0.2, -0.15) is 0 Å². The number of aliphatic hydroxyl groups excluding tert-OH is 1. The largest absolute Gasteiger partial charge is 0.392 e. The van der Waals surface area contributed by atoms with Gasteiger partial charge in [-0.05, 0) is 43.4 Å². The molecule has 100 valence electrons. The maximum absolute atomic E-state index is 9.21. The van der Waals surface area contributed by atoms with Crippen LogP contribution in [0.4, 0.5) is 5.82 Å². The second kappa shape index (κ2) is 6.16. The number of pyridine rings is 1. The van der Waals surface area contributed by atoms with Gasteiger partial charge in [-0.1, -0.05) is 0 Å². The Morgan fingerprint density at radius 2 is 2.33 bits per heavy atom. The maximum atomic E-state index is 9.21. The van der Waals surface area contributed by atoms with E-state index < -0.39 is 0 Å². The van der Waals surface area contributed by atoms with Crippen LogP contribution in [-0.2, 0) is 11.3 Å². The average Bonchev–Trinajstić information content (AvgIpc) is 3.23. The number of anilines is 1. The monoisotopic (exact) mass is 250 g/mol. The molecule has 18 heavy (non-hydrogen) atoms. The van der Waals surface area contributed by atoms with Gasteiger partial charge in [0, 0.05) is 25.9 Å². The first-order valence-electron chi connectivity index (χ1n) is 6.57. The van der Waals surface area contributed by atoms with Gasteiger partial charge in [-0.3, -0.25) is 0 Å². The predicted molar refractivity (Wildman–Crippen MR) is 71.6 cm³/mol. The van der Waals surface area contributed by atoms with Crippen LogP contribution in [0.2, 0.25) is 0 Å². The van der Waals surface area contributed by atoms with Gasteiger partial charge >= 0.3 is 0 Å². The Morgan fingerprint density at radius 3 is 2.94 bits per heavy atom. The molecule has 1 unspecified atom stereocenters. The lowest BCUT2D eigenvalue weighted by molar-refractivity contribution is 0.202. The highest BCUT2D eigenvalue weighted by atomic mass is 16.5. The van der Waals surface area contributed by atoms with Gasteiger partial charge in [0.1, 0.15) is 5.82 Å². The molecule has 1 aliphatic rings. The third-order valence-electron chi connectivity index (χ3n) is 3.62. The number of methoxy groups -OCH3 is 1. The number of ether oxygens (including phenoxy) is 1. The second-order valence-corrected chi connectivity index (χ2v) is 4.94. The number of hydrogen-bond acceptors (Lipinski definition) is 4. The highest BCUT2D eigenvalue weighted by Gasteiger charge is 2.32. The molecule has 0 radical (unpaired) electrons. The molecular formula is C14H22N2O2. The normalized spacial score (nSPS) is 16.6. The van der Waals surface area contributed by atoms with Gasteiger partial charge in [0.05, 0.1) is 13.2 Å². The van der Waals surface area contributed by atoms with E-state index in [0.29, 0.717) is 12.6 Å². The zero-order chi connectivity index (χ0) is 13.0. The molecule has 0 aromatic carbocycles. The first-order valence-corrected chi connectivity index (χ1v) is 6.57. The summed E-state index contributed by atoms with van der Waals surface area (Å²) in [6.07, 6.45) is 4.38. The van der Waals surface area contributed by atoms with Gasteiger partial charge in [-0.25, -0.2) is 4.98 Å². The van der Waals surface area contributed by atoms with Crippen LogP contribution in [0.5, 0.6) is 0 Å². The van der Waals surface area contributed by atoms with Gasteiger partial charge in [0.2, 0.25) is 0 Å². The maximum Gasteiger partial charge on any atom is 0.129 e. The number of hydrogen-bond donors (Lipinski definition) is 1. The van der Waals surface area contributed by atoms with E-state index in [1.165, 1.54) is 12.8 Å². The third-order valence-corrected chi connectivity index (χ3v) is 3.62. The van der Waals surface area contributed by atoms with Gasteiger partial charge in [0.25, 0.3) is 0 Å². The van der Waals surface area contributed by atoms with Crippen molar-refractivity contribution >= 4 is 5.82 Å². The topological polar surface area (TPSA) is 45.6 Å². The zero-order valence-corrected chi connectivity index (χ0v) is 11.2. The van der Waals surface area contributed by atoms with Crippen LogP contribution >= 0.6 is 0 Å². The van der Waals surface area contributed by atoms with Crippen molar-refractivity contribution in [2.24, 2.45) is 5.92 Å². The Hall–Kier alpha value is -1.13. The summed E-state index contributed by atoms with van der Waals surface area (Å²) in [6.45, 7) is 3.85. The molecule has 1 aromatic rings. The number of aromatic nitrogens is 1. The molecule has 1 aromatic heterocycles. The van der Waals surface area contributed by atoms with Crippen molar-refractivity contribution in [3.8, 4) is 0 Å². The van der Waals surface area contributed by atoms with Crippen LogP contribution in [0.1, 0.15) is 25.3 Å². The molecule has 0 aliphatic heterocycles. The number of nitrogens with zero attached hydrogens (tertiary/aromatic N) is 2. The van der Waals surface area contributed by atoms with Crippen LogP contribution in [0.3, 0.4) is 0 Å². The summed E-state index contributed by atoms with van der Waals surface area (Å²) in [5.74, 6) is 1.72. The summed E-state index contributed by atoms with van der Waals surface area (Å²) in [5, 5.41) is 9.21. The summed E-state index contributed by atoms with van der Waals surface area (Å²) >= 11 is 0. The van der Waals surface area contributed by atoms with Crippen LogP contribution in [0.15, 0.2) is 18.3 Å². The third kappa shape index (κ3) is 3.21.